The molecule has 2 aromatic rings. The van der Waals surface area contributed by atoms with Crippen LogP contribution in [0.5, 0.6) is 5.75 Å². The Kier molecular flexibility index (Phi) is 5.53. The van der Waals surface area contributed by atoms with Crippen LogP contribution in [0.25, 0.3) is 0 Å². The molecule has 126 valence electrons. The highest BCUT2D eigenvalue weighted by molar-refractivity contribution is 9.10. The summed E-state index contributed by atoms with van der Waals surface area (Å²) < 4.78 is 6.13. The van der Waals surface area contributed by atoms with Gasteiger partial charge in [-0.3, -0.25) is 9.69 Å². The Morgan fingerprint density at radius 3 is 2.42 bits per heavy atom. The Balaban J connectivity index is 1.54. The highest BCUT2D eigenvalue weighted by Gasteiger charge is 2.22. The smallest absolute Gasteiger partial charge is 0.253 e. The molecule has 2 aromatic carbocycles. The molecule has 1 aliphatic rings. The normalized spacial score (nSPS) is 15.3. The van der Waals surface area contributed by atoms with E-state index >= 15 is 0 Å². The van der Waals surface area contributed by atoms with E-state index in [-0.39, 0.29) is 5.91 Å². The minimum Gasteiger partial charge on any atom is -0.497 e. The monoisotopic (exact) mass is 388 g/mol. The van der Waals surface area contributed by atoms with Crippen LogP contribution in [0.4, 0.5) is 0 Å². The lowest BCUT2D eigenvalue weighted by Gasteiger charge is -2.34. The fraction of sp³-hybridized carbons (Fsp3) is 0.316. The lowest BCUT2D eigenvalue weighted by atomic mass is 10.1. The zero-order chi connectivity index (χ0) is 16.9. The second kappa shape index (κ2) is 7.81. The molecule has 0 N–H and O–H groups in total. The maximum absolute atomic E-state index is 12.6. The fourth-order valence-electron chi connectivity index (χ4n) is 2.90. The number of methoxy groups -OCH3 is 1. The Labute approximate surface area is 151 Å². The van der Waals surface area contributed by atoms with Gasteiger partial charge in [-0.1, -0.05) is 34.1 Å². The van der Waals surface area contributed by atoms with Gasteiger partial charge in [0.15, 0.2) is 0 Å². The van der Waals surface area contributed by atoms with Crippen LogP contribution in [-0.2, 0) is 6.54 Å². The summed E-state index contributed by atoms with van der Waals surface area (Å²) in [5, 5.41) is 0. The van der Waals surface area contributed by atoms with Crippen molar-refractivity contribution >= 4 is 21.8 Å². The number of nitrogens with zero attached hydrogens (tertiary/aromatic N) is 2. The zero-order valence-corrected chi connectivity index (χ0v) is 15.3. The van der Waals surface area contributed by atoms with Gasteiger partial charge < -0.3 is 9.64 Å². The van der Waals surface area contributed by atoms with Gasteiger partial charge in [-0.15, -0.1) is 0 Å². The van der Waals surface area contributed by atoms with Crippen LogP contribution >= 0.6 is 15.9 Å². The zero-order valence-electron chi connectivity index (χ0n) is 13.7. The molecule has 1 saturated heterocycles. The number of amides is 1. The van der Waals surface area contributed by atoms with E-state index in [0.717, 1.165) is 48.5 Å². The first-order valence-corrected chi connectivity index (χ1v) is 8.85. The van der Waals surface area contributed by atoms with Gasteiger partial charge in [-0.05, 0) is 35.9 Å². The van der Waals surface area contributed by atoms with E-state index in [1.54, 1.807) is 7.11 Å². The van der Waals surface area contributed by atoms with Crippen LogP contribution in [0.3, 0.4) is 0 Å². The lowest BCUT2D eigenvalue weighted by molar-refractivity contribution is 0.0628. The number of hydrogen-bond acceptors (Lipinski definition) is 3. The van der Waals surface area contributed by atoms with E-state index in [1.165, 1.54) is 5.56 Å². The van der Waals surface area contributed by atoms with Crippen molar-refractivity contribution in [2.75, 3.05) is 33.3 Å². The quantitative estimate of drug-likeness (QED) is 0.804. The third-order valence-corrected chi connectivity index (χ3v) is 4.79. The van der Waals surface area contributed by atoms with Crippen molar-refractivity contribution in [1.29, 1.82) is 0 Å². The van der Waals surface area contributed by atoms with Crippen molar-refractivity contribution in [3.05, 3.63) is 64.1 Å². The van der Waals surface area contributed by atoms with Gasteiger partial charge in [0.1, 0.15) is 5.75 Å². The summed E-state index contributed by atoms with van der Waals surface area (Å²) in [5.74, 6) is 0.989. The fourth-order valence-corrected chi connectivity index (χ4v) is 3.30. The average molecular weight is 389 g/mol. The molecule has 1 aliphatic heterocycles. The summed E-state index contributed by atoms with van der Waals surface area (Å²) in [5.41, 5.74) is 2.01. The molecule has 1 heterocycles. The number of ether oxygens (including phenoxy) is 1. The van der Waals surface area contributed by atoms with Crippen molar-refractivity contribution in [3.63, 3.8) is 0 Å². The molecule has 0 atom stereocenters. The number of rotatable bonds is 4. The summed E-state index contributed by atoms with van der Waals surface area (Å²) in [6.45, 7) is 4.23. The van der Waals surface area contributed by atoms with Crippen LogP contribution in [0.1, 0.15) is 15.9 Å². The standard InChI is InChI=1S/C19H21BrN2O2/c1-24-18-7-5-15(6-8-18)14-21-9-11-22(12-10-21)19(23)16-3-2-4-17(20)13-16/h2-8,13H,9-12,14H2,1H3. The molecule has 24 heavy (non-hydrogen) atoms. The number of benzene rings is 2. The third kappa shape index (κ3) is 4.16. The molecule has 0 spiro atoms. The minimum absolute atomic E-state index is 0.111. The maximum atomic E-state index is 12.6. The van der Waals surface area contributed by atoms with Crippen LogP contribution in [0.15, 0.2) is 53.0 Å². The van der Waals surface area contributed by atoms with E-state index in [2.05, 4.69) is 33.0 Å². The summed E-state index contributed by atoms with van der Waals surface area (Å²) in [6.07, 6.45) is 0. The molecule has 3 rings (SSSR count). The van der Waals surface area contributed by atoms with Gasteiger partial charge in [0.05, 0.1) is 7.11 Å². The summed E-state index contributed by atoms with van der Waals surface area (Å²) in [4.78, 5) is 16.9. The largest absolute Gasteiger partial charge is 0.497 e. The molecule has 0 bridgehead atoms. The third-order valence-electron chi connectivity index (χ3n) is 4.30. The molecule has 0 aliphatic carbocycles. The molecule has 0 aromatic heterocycles. The highest BCUT2D eigenvalue weighted by Crippen LogP contribution is 2.17. The Morgan fingerprint density at radius 1 is 1.08 bits per heavy atom. The number of carbonyl (C=O) groups is 1. The van der Waals surface area contributed by atoms with E-state index in [9.17, 15) is 4.79 Å². The van der Waals surface area contributed by atoms with E-state index < -0.39 is 0 Å². The number of piperazine rings is 1. The molecular weight excluding hydrogens is 368 g/mol. The highest BCUT2D eigenvalue weighted by atomic mass is 79.9. The first-order chi connectivity index (χ1) is 11.7. The molecule has 0 unspecified atom stereocenters. The predicted octanol–water partition coefficient (Wildman–Crippen LogP) is 3.42. The molecule has 0 radical (unpaired) electrons. The van der Waals surface area contributed by atoms with Crippen molar-refractivity contribution in [2.24, 2.45) is 0 Å². The van der Waals surface area contributed by atoms with Gasteiger partial charge in [0.25, 0.3) is 5.91 Å². The minimum atomic E-state index is 0.111. The first kappa shape index (κ1) is 17.0. The van der Waals surface area contributed by atoms with Crippen molar-refractivity contribution in [1.82, 2.24) is 9.80 Å². The molecule has 1 amide bonds. The van der Waals surface area contributed by atoms with Crippen LogP contribution in [-0.4, -0.2) is 49.0 Å². The van der Waals surface area contributed by atoms with Gasteiger partial charge in [0, 0.05) is 42.8 Å². The molecular formula is C19H21BrN2O2. The second-order valence-corrected chi connectivity index (χ2v) is 6.84. The van der Waals surface area contributed by atoms with Gasteiger partial charge in [0.2, 0.25) is 0 Å². The Morgan fingerprint density at radius 2 is 1.79 bits per heavy atom. The predicted molar refractivity (Wildman–Crippen MR) is 98.3 cm³/mol. The topological polar surface area (TPSA) is 32.8 Å². The summed E-state index contributed by atoms with van der Waals surface area (Å²) in [7, 11) is 1.68. The van der Waals surface area contributed by atoms with Gasteiger partial charge in [-0.2, -0.15) is 0 Å². The maximum Gasteiger partial charge on any atom is 0.253 e. The van der Waals surface area contributed by atoms with Crippen LogP contribution < -0.4 is 4.74 Å². The molecule has 5 heteroatoms. The molecule has 0 saturated carbocycles. The van der Waals surface area contributed by atoms with Crippen molar-refractivity contribution in [3.8, 4) is 5.75 Å². The van der Waals surface area contributed by atoms with Gasteiger partial charge >= 0.3 is 0 Å². The number of carbonyl (C=O) groups excluding carboxylic acids is 1. The van der Waals surface area contributed by atoms with E-state index in [4.69, 9.17) is 4.74 Å². The van der Waals surface area contributed by atoms with E-state index in [0.29, 0.717) is 0 Å². The van der Waals surface area contributed by atoms with E-state index in [1.807, 2.05) is 41.3 Å². The van der Waals surface area contributed by atoms with Crippen molar-refractivity contribution < 1.29 is 9.53 Å². The number of hydrogen-bond donors (Lipinski definition) is 0. The summed E-state index contributed by atoms with van der Waals surface area (Å²) >= 11 is 3.42. The Hall–Kier alpha value is -1.85. The molecule has 4 nitrogen and oxygen atoms in total. The SMILES string of the molecule is COc1ccc(CN2CCN(C(=O)c3cccc(Br)c3)CC2)cc1. The number of halogens is 1. The average Bonchev–Trinajstić information content (AvgIpc) is 2.62. The van der Waals surface area contributed by atoms with Crippen LogP contribution in [0, 0.1) is 0 Å². The lowest BCUT2D eigenvalue weighted by Crippen LogP contribution is -2.48. The summed E-state index contributed by atoms with van der Waals surface area (Å²) in [6, 6.07) is 15.8. The molecule has 1 fully saturated rings. The van der Waals surface area contributed by atoms with Gasteiger partial charge in [-0.25, -0.2) is 0 Å². The van der Waals surface area contributed by atoms with Crippen LogP contribution in [0.2, 0.25) is 0 Å². The first-order valence-electron chi connectivity index (χ1n) is 8.06. The Bertz CT molecular complexity index is 695. The van der Waals surface area contributed by atoms with Crippen molar-refractivity contribution in [2.45, 2.75) is 6.54 Å². The second-order valence-electron chi connectivity index (χ2n) is 5.93.